The number of nitrogens with one attached hydrogen (secondary N) is 1. The van der Waals surface area contributed by atoms with E-state index in [2.05, 4.69) is 4.72 Å². The van der Waals surface area contributed by atoms with Crippen molar-refractivity contribution in [3.05, 3.63) is 29.8 Å². The molecule has 0 radical (unpaired) electrons. The van der Waals surface area contributed by atoms with Crippen LogP contribution in [0.3, 0.4) is 0 Å². The molecule has 18 heavy (non-hydrogen) atoms. The van der Waals surface area contributed by atoms with Gasteiger partial charge in [0.25, 0.3) is 5.84 Å². The summed E-state index contributed by atoms with van der Waals surface area (Å²) < 4.78 is 28.8. The van der Waals surface area contributed by atoms with Crippen LogP contribution < -0.4 is 4.72 Å². The normalized spacial score (nSPS) is 11.1. The average Bonchev–Trinajstić information content (AvgIpc) is 2.30. The molecule has 0 aromatic heterocycles. The first kappa shape index (κ1) is 14.7. The Labute approximate surface area is 109 Å². The van der Waals surface area contributed by atoms with Gasteiger partial charge in [-0.15, -0.1) is 0 Å². The maximum Gasteiger partial charge on any atom is 0.328 e. The van der Waals surface area contributed by atoms with Gasteiger partial charge >= 0.3 is 10.0 Å². The largest absolute Gasteiger partial charge is 0.328 e. The SMILES string of the molecule is CC[N+](CC)=C(C)NS(=O)(=O)c1ccc(C)cc1. The Morgan fingerprint density at radius 2 is 1.67 bits per heavy atom. The van der Waals surface area contributed by atoms with E-state index in [0.717, 1.165) is 18.7 Å². The zero-order valence-electron chi connectivity index (χ0n) is 11.4. The fourth-order valence-electron chi connectivity index (χ4n) is 1.73. The molecule has 0 heterocycles. The summed E-state index contributed by atoms with van der Waals surface area (Å²) in [4.78, 5) is 0.291. The van der Waals surface area contributed by atoms with Gasteiger partial charge in [0.15, 0.2) is 0 Å². The molecule has 4 nitrogen and oxygen atoms in total. The Hall–Kier alpha value is -1.36. The fraction of sp³-hybridized carbons (Fsp3) is 0.462. The number of sulfonamides is 1. The van der Waals surface area contributed by atoms with Crippen molar-refractivity contribution in [1.29, 1.82) is 0 Å². The predicted octanol–water partition coefficient (Wildman–Crippen LogP) is 1.74. The highest BCUT2D eigenvalue weighted by molar-refractivity contribution is 7.90. The van der Waals surface area contributed by atoms with Gasteiger partial charge in [-0.2, -0.15) is 13.1 Å². The van der Waals surface area contributed by atoms with Gasteiger partial charge in [0, 0.05) is 6.92 Å². The summed E-state index contributed by atoms with van der Waals surface area (Å²) in [6.45, 7) is 9.24. The van der Waals surface area contributed by atoms with Crippen molar-refractivity contribution in [1.82, 2.24) is 4.72 Å². The van der Waals surface area contributed by atoms with E-state index < -0.39 is 10.0 Å². The molecule has 0 spiro atoms. The van der Waals surface area contributed by atoms with E-state index in [1.54, 1.807) is 31.2 Å². The molecule has 1 rings (SSSR count). The van der Waals surface area contributed by atoms with Crippen molar-refractivity contribution in [3.63, 3.8) is 0 Å². The van der Waals surface area contributed by atoms with Crippen molar-refractivity contribution in [2.75, 3.05) is 13.1 Å². The molecule has 5 heteroatoms. The number of aryl methyl sites for hydroxylation is 1. The summed E-state index contributed by atoms with van der Waals surface area (Å²) in [6.07, 6.45) is 0. The zero-order valence-corrected chi connectivity index (χ0v) is 12.2. The summed E-state index contributed by atoms with van der Waals surface area (Å²) in [5, 5.41) is 0. The van der Waals surface area contributed by atoms with Crippen molar-refractivity contribution in [3.8, 4) is 0 Å². The molecule has 1 N–H and O–H groups in total. The second-order valence-corrected chi connectivity index (χ2v) is 5.86. The summed E-state index contributed by atoms with van der Waals surface area (Å²) in [5.74, 6) is 0.653. The summed E-state index contributed by atoms with van der Waals surface area (Å²) in [6, 6.07) is 6.82. The molecular formula is C13H21N2O2S+. The minimum absolute atomic E-state index is 0.291. The minimum atomic E-state index is -3.47. The Morgan fingerprint density at radius 3 is 2.11 bits per heavy atom. The third kappa shape index (κ3) is 3.57. The molecule has 0 fully saturated rings. The second kappa shape index (κ2) is 6.00. The standard InChI is InChI=1S/C13H20N2O2S/c1-5-15(6-2)12(4)14-18(16,17)13-9-7-11(3)8-10-13/h7-10H,5-6H2,1-4H3/p+1. The maximum atomic E-state index is 12.1. The number of hydrogen-bond acceptors (Lipinski definition) is 2. The van der Waals surface area contributed by atoms with Crippen LogP contribution in [0.1, 0.15) is 26.3 Å². The van der Waals surface area contributed by atoms with Crippen LogP contribution in [0.15, 0.2) is 29.2 Å². The van der Waals surface area contributed by atoms with Gasteiger partial charge in [-0.25, -0.2) is 0 Å². The molecule has 1 aromatic carbocycles. The highest BCUT2D eigenvalue weighted by Crippen LogP contribution is 2.09. The predicted molar refractivity (Wildman–Crippen MR) is 73.5 cm³/mol. The highest BCUT2D eigenvalue weighted by Gasteiger charge is 2.20. The Balaban J connectivity index is 3.02. The average molecular weight is 269 g/mol. The topological polar surface area (TPSA) is 49.2 Å². The summed E-state index contributed by atoms with van der Waals surface area (Å²) in [7, 11) is -3.47. The molecule has 0 aliphatic carbocycles. The van der Waals surface area contributed by atoms with Crippen LogP contribution in [-0.2, 0) is 10.0 Å². The van der Waals surface area contributed by atoms with Crippen LogP contribution in [-0.4, -0.2) is 31.9 Å². The van der Waals surface area contributed by atoms with Crippen LogP contribution in [0.4, 0.5) is 0 Å². The number of rotatable bonds is 4. The summed E-state index contributed by atoms with van der Waals surface area (Å²) in [5.41, 5.74) is 1.04. The lowest BCUT2D eigenvalue weighted by molar-refractivity contribution is -0.522. The van der Waals surface area contributed by atoms with Crippen molar-refractivity contribution in [2.45, 2.75) is 32.6 Å². The van der Waals surface area contributed by atoms with Crippen LogP contribution >= 0.6 is 0 Å². The lowest BCUT2D eigenvalue weighted by Gasteiger charge is -2.07. The molecule has 100 valence electrons. The van der Waals surface area contributed by atoms with E-state index in [1.807, 2.05) is 25.3 Å². The van der Waals surface area contributed by atoms with Gasteiger partial charge < -0.3 is 0 Å². The molecule has 0 unspecified atom stereocenters. The maximum absolute atomic E-state index is 12.1. The molecule has 0 saturated carbocycles. The first-order valence-electron chi connectivity index (χ1n) is 6.08. The van der Waals surface area contributed by atoms with Crippen molar-refractivity contribution < 1.29 is 13.0 Å². The fourth-order valence-corrected chi connectivity index (χ4v) is 2.86. The highest BCUT2D eigenvalue weighted by atomic mass is 32.2. The third-order valence-corrected chi connectivity index (χ3v) is 4.31. The Morgan fingerprint density at radius 1 is 1.17 bits per heavy atom. The number of nitrogens with zero attached hydrogens (tertiary/aromatic N) is 1. The molecular weight excluding hydrogens is 248 g/mol. The van der Waals surface area contributed by atoms with E-state index >= 15 is 0 Å². The smallest absolute Gasteiger partial charge is 0.266 e. The van der Waals surface area contributed by atoms with E-state index in [1.165, 1.54) is 0 Å². The molecule has 0 atom stereocenters. The van der Waals surface area contributed by atoms with Gasteiger partial charge in [-0.1, -0.05) is 17.7 Å². The van der Waals surface area contributed by atoms with Gasteiger partial charge in [0.05, 0.1) is 13.1 Å². The second-order valence-electron chi connectivity index (χ2n) is 4.18. The third-order valence-electron chi connectivity index (χ3n) is 2.85. The monoisotopic (exact) mass is 269 g/mol. The summed E-state index contributed by atoms with van der Waals surface area (Å²) >= 11 is 0. The zero-order chi connectivity index (χ0) is 13.8. The Bertz CT molecular complexity index is 525. The van der Waals surface area contributed by atoms with E-state index in [9.17, 15) is 8.42 Å². The van der Waals surface area contributed by atoms with Gasteiger partial charge in [0.1, 0.15) is 4.90 Å². The number of amidine groups is 1. The van der Waals surface area contributed by atoms with E-state index in [0.29, 0.717) is 10.7 Å². The van der Waals surface area contributed by atoms with Crippen LogP contribution in [0, 0.1) is 6.92 Å². The first-order chi connectivity index (χ1) is 8.40. The lowest BCUT2D eigenvalue weighted by Crippen LogP contribution is -2.36. The first-order valence-corrected chi connectivity index (χ1v) is 7.57. The molecule has 0 bridgehead atoms. The quantitative estimate of drug-likeness (QED) is 0.514. The van der Waals surface area contributed by atoms with Gasteiger partial charge in [0.2, 0.25) is 0 Å². The van der Waals surface area contributed by atoms with Crippen molar-refractivity contribution >= 4 is 15.9 Å². The Kier molecular flexibility index (Phi) is 4.90. The van der Waals surface area contributed by atoms with E-state index in [-0.39, 0.29) is 0 Å². The lowest BCUT2D eigenvalue weighted by atomic mass is 10.2. The molecule has 0 saturated heterocycles. The van der Waals surface area contributed by atoms with Crippen molar-refractivity contribution in [2.24, 2.45) is 0 Å². The van der Waals surface area contributed by atoms with Crippen LogP contribution in [0.2, 0.25) is 0 Å². The molecule has 0 amide bonds. The molecule has 1 aromatic rings. The van der Waals surface area contributed by atoms with Gasteiger partial charge in [-0.3, -0.25) is 4.58 Å². The molecule has 0 aliphatic rings. The van der Waals surface area contributed by atoms with Gasteiger partial charge in [-0.05, 0) is 32.9 Å². The number of hydrogen-bond donors (Lipinski definition) is 1. The molecule has 0 aliphatic heterocycles. The van der Waals surface area contributed by atoms with E-state index in [4.69, 9.17) is 0 Å². The minimum Gasteiger partial charge on any atom is -0.266 e. The van der Waals surface area contributed by atoms with Crippen LogP contribution in [0.5, 0.6) is 0 Å². The number of benzene rings is 1. The van der Waals surface area contributed by atoms with Crippen LogP contribution in [0.25, 0.3) is 0 Å².